The van der Waals surface area contributed by atoms with Crippen LogP contribution in [-0.4, -0.2) is 30.6 Å². The number of nitrogens with one attached hydrogen (secondary N) is 1. The van der Waals surface area contributed by atoms with Gasteiger partial charge in [0.25, 0.3) is 5.91 Å². The zero-order valence-electron chi connectivity index (χ0n) is 10.6. The Hall–Kier alpha value is -1.13. The van der Waals surface area contributed by atoms with Crippen LogP contribution in [0, 0.1) is 0 Å². The molecule has 0 saturated heterocycles. The monoisotopic (exact) mass is 270 g/mol. The third kappa shape index (κ3) is 5.98. The van der Waals surface area contributed by atoms with Crippen LogP contribution in [0.3, 0.4) is 0 Å². The second-order valence-electron chi connectivity index (χ2n) is 3.94. The molecule has 1 heterocycles. The fraction of sp³-hybridized carbons (Fsp3) is 0.538. The van der Waals surface area contributed by atoms with E-state index in [-0.39, 0.29) is 5.91 Å². The Bertz CT molecular complexity index is 355. The van der Waals surface area contributed by atoms with E-state index >= 15 is 0 Å². The molecule has 0 spiro atoms. The molecule has 1 aromatic heterocycles. The molecule has 0 aromatic carbocycles. The molecule has 100 valence electrons. The minimum Gasteiger partial charge on any atom is -0.381 e. The normalized spacial score (nSPS) is 10.3. The van der Waals surface area contributed by atoms with Crippen molar-refractivity contribution in [1.29, 1.82) is 0 Å². The van der Waals surface area contributed by atoms with Crippen molar-refractivity contribution in [2.75, 3.05) is 19.8 Å². The van der Waals surface area contributed by atoms with Crippen molar-refractivity contribution in [1.82, 2.24) is 10.3 Å². The standard InChI is InChI=1S/C13H19ClN2O2/c1-2-3-8-18-9-4-7-15-13(17)11-5-6-12(14)16-10-11/h5-6,10H,2-4,7-9H2,1H3,(H,15,17). The van der Waals surface area contributed by atoms with Crippen LogP contribution in [0.15, 0.2) is 18.3 Å². The highest BCUT2D eigenvalue weighted by atomic mass is 35.5. The van der Waals surface area contributed by atoms with E-state index < -0.39 is 0 Å². The molecule has 1 N–H and O–H groups in total. The lowest BCUT2D eigenvalue weighted by Crippen LogP contribution is -2.25. The summed E-state index contributed by atoms with van der Waals surface area (Å²) >= 11 is 5.64. The number of hydrogen-bond acceptors (Lipinski definition) is 3. The summed E-state index contributed by atoms with van der Waals surface area (Å²) in [7, 11) is 0. The van der Waals surface area contributed by atoms with Gasteiger partial charge in [-0.1, -0.05) is 24.9 Å². The fourth-order valence-electron chi connectivity index (χ4n) is 1.34. The van der Waals surface area contributed by atoms with Crippen molar-refractivity contribution in [3.05, 3.63) is 29.0 Å². The maximum absolute atomic E-state index is 11.7. The summed E-state index contributed by atoms with van der Waals surface area (Å²) in [6.45, 7) is 4.21. The van der Waals surface area contributed by atoms with E-state index in [1.165, 1.54) is 6.20 Å². The number of carbonyl (C=O) groups excluding carboxylic acids is 1. The third-order valence-corrected chi connectivity index (χ3v) is 2.61. The number of halogens is 1. The number of ether oxygens (including phenoxy) is 1. The maximum atomic E-state index is 11.7. The largest absolute Gasteiger partial charge is 0.381 e. The van der Waals surface area contributed by atoms with Gasteiger partial charge in [-0.3, -0.25) is 4.79 Å². The van der Waals surface area contributed by atoms with Crippen molar-refractivity contribution in [2.45, 2.75) is 26.2 Å². The van der Waals surface area contributed by atoms with Crippen LogP contribution in [-0.2, 0) is 4.74 Å². The molecule has 0 aliphatic rings. The van der Waals surface area contributed by atoms with Gasteiger partial charge in [-0.25, -0.2) is 4.98 Å². The highest BCUT2D eigenvalue weighted by molar-refractivity contribution is 6.29. The van der Waals surface area contributed by atoms with Gasteiger partial charge in [0, 0.05) is 26.0 Å². The molecular formula is C13H19ClN2O2. The first-order valence-corrected chi connectivity index (χ1v) is 6.59. The maximum Gasteiger partial charge on any atom is 0.252 e. The molecule has 0 aliphatic heterocycles. The molecule has 0 bridgehead atoms. The number of pyridine rings is 1. The van der Waals surface area contributed by atoms with Crippen LogP contribution in [0.25, 0.3) is 0 Å². The Morgan fingerprint density at radius 2 is 2.17 bits per heavy atom. The average molecular weight is 271 g/mol. The molecular weight excluding hydrogens is 252 g/mol. The van der Waals surface area contributed by atoms with Crippen molar-refractivity contribution in [3.8, 4) is 0 Å². The Morgan fingerprint density at radius 3 is 2.83 bits per heavy atom. The van der Waals surface area contributed by atoms with Gasteiger partial charge in [0.2, 0.25) is 0 Å². The fourth-order valence-corrected chi connectivity index (χ4v) is 1.45. The summed E-state index contributed by atoms with van der Waals surface area (Å²) in [6.07, 6.45) is 4.51. The number of carbonyl (C=O) groups is 1. The van der Waals surface area contributed by atoms with Crippen LogP contribution in [0.1, 0.15) is 36.5 Å². The Morgan fingerprint density at radius 1 is 1.39 bits per heavy atom. The van der Waals surface area contributed by atoms with Gasteiger partial charge in [0.05, 0.1) is 5.56 Å². The van der Waals surface area contributed by atoms with Gasteiger partial charge in [-0.05, 0) is 25.0 Å². The molecule has 1 aromatic rings. The van der Waals surface area contributed by atoms with Crippen molar-refractivity contribution < 1.29 is 9.53 Å². The van der Waals surface area contributed by atoms with E-state index in [0.717, 1.165) is 25.9 Å². The number of nitrogens with zero attached hydrogens (tertiary/aromatic N) is 1. The Kier molecular flexibility index (Phi) is 7.37. The van der Waals surface area contributed by atoms with Gasteiger partial charge in [0.15, 0.2) is 0 Å². The minimum absolute atomic E-state index is 0.132. The number of aromatic nitrogens is 1. The van der Waals surface area contributed by atoms with Crippen LogP contribution in [0.5, 0.6) is 0 Å². The zero-order chi connectivity index (χ0) is 13.2. The van der Waals surface area contributed by atoms with E-state index in [9.17, 15) is 4.79 Å². The third-order valence-electron chi connectivity index (χ3n) is 2.38. The van der Waals surface area contributed by atoms with Gasteiger partial charge in [-0.2, -0.15) is 0 Å². The van der Waals surface area contributed by atoms with Crippen molar-refractivity contribution in [2.24, 2.45) is 0 Å². The molecule has 0 atom stereocenters. The summed E-state index contributed by atoms with van der Waals surface area (Å²) in [6, 6.07) is 3.26. The smallest absolute Gasteiger partial charge is 0.252 e. The molecule has 5 heteroatoms. The number of rotatable bonds is 8. The van der Waals surface area contributed by atoms with E-state index in [4.69, 9.17) is 16.3 Å². The lowest BCUT2D eigenvalue weighted by atomic mass is 10.2. The summed E-state index contributed by atoms with van der Waals surface area (Å²) in [5, 5.41) is 3.19. The summed E-state index contributed by atoms with van der Waals surface area (Å²) < 4.78 is 5.40. The van der Waals surface area contributed by atoms with Gasteiger partial charge >= 0.3 is 0 Å². The molecule has 0 fully saturated rings. The lowest BCUT2D eigenvalue weighted by molar-refractivity contribution is 0.0940. The molecule has 4 nitrogen and oxygen atoms in total. The number of unbranched alkanes of at least 4 members (excludes halogenated alkanes) is 1. The van der Waals surface area contributed by atoms with Crippen LogP contribution < -0.4 is 5.32 Å². The minimum atomic E-state index is -0.132. The predicted octanol–water partition coefficient (Wildman–Crippen LogP) is 2.67. The Balaban J connectivity index is 2.12. The molecule has 0 saturated carbocycles. The second-order valence-corrected chi connectivity index (χ2v) is 4.33. The SMILES string of the molecule is CCCCOCCCNC(=O)c1ccc(Cl)nc1. The van der Waals surface area contributed by atoms with Crippen molar-refractivity contribution >= 4 is 17.5 Å². The van der Waals surface area contributed by atoms with E-state index in [2.05, 4.69) is 17.2 Å². The van der Waals surface area contributed by atoms with E-state index in [0.29, 0.717) is 23.9 Å². The van der Waals surface area contributed by atoms with Crippen LogP contribution in [0.4, 0.5) is 0 Å². The molecule has 1 rings (SSSR count). The summed E-state index contributed by atoms with van der Waals surface area (Å²) in [4.78, 5) is 15.5. The first kappa shape index (κ1) is 14.9. The first-order chi connectivity index (χ1) is 8.74. The second kappa shape index (κ2) is 8.89. The summed E-state index contributed by atoms with van der Waals surface area (Å²) in [5.74, 6) is -0.132. The van der Waals surface area contributed by atoms with Gasteiger partial charge in [-0.15, -0.1) is 0 Å². The topological polar surface area (TPSA) is 51.2 Å². The average Bonchev–Trinajstić information content (AvgIpc) is 2.38. The van der Waals surface area contributed by atoms with E-state index in [1.807, 2.05) is 0 Å². The first-order valence-electron chi connectivity index (χ1n) is 6.21. The van der Waals surface area contributed by atoms with Crippen LogP contribution >= 0.6 is 11.6 Å². The van der Waals surface area contributed by atoms with Crippen LogP contribution in [0.2, 0.25) is 5.15 Å². The molecule has 18 heavy (non-hydrogen) atoms. The molecule has 0 radical (unpaired) electrons. The quantitative estimate of drug-likeness (QED) is 0.584. The number of amides is 1. The lowest BCUT2D eigenvalue weighted by Gasteiger charge is -2.05. The van der Waals surface area contributed by atoms with Crippen molar-refractivity contribution in [3.63, 3.8) is 0 Å². The highest BCUT2D eigenvalue weighted by Crippen LogP contribution is 2.04. The highest BCUT2D eigenvalue weighted by Gasteiger charge is 2.04. The molecule has 0 aliphatic carbocycles. The predicted molar refractivity (Wildman–Crippen MR) is 71.9 cm³/mol. The number of hydrogen-bond donors (Lipinski definition) is 1. The van der Waals surface area contributed by atoms with Gasteiger partial charge < -0.3 is 10.1 Å². The van der Waals surface area contributed by atoms with E-state index in [1.54, 1.807) is 12.1 Å². The molecule has 1 amide bonds. The molecule has 0 unspecified atom stereocenters. The summed E-state index contributed by atoms with van der Waals surface area (Å²) in [5.41, 5.74) is 0.520. The van der Waals surface area contributed by atoms with Gasteiger partial charge in [0.1, 0.15) is 5.15 Å². The Labute approximate surface area is 113 Å². The zero-order valence-corrected chi connectivity index (χ0v) is 11.4.